The van der Waals surface area contributed by atoms with Crippen molar-refractivity contribution in [2.45, 2.75) is 6.92 Å². The highest BCUT2D eigenvalue weighted by Gasteiger charge is 2.11. The highest BCUT2D eigenvalue weighted by atomic mass is 32.3. The highest BCUT2D eigenvalue weighted by molar-refractivity contribution is 7.79. The van der Waals surface area contributed by atoms with Gasteiger partial charge < -0.3 is 14.2 Å². The van der Waals surface area contributed by atoms with Crippen LogP contribution in [-0.2, 0) is 24.5 Å². The minimum Gasteiger partial charge on any atom is -0.759 e. The standard InChI is InChI=1S/C15H16N2O2.H2O4S/c1-11-9-13(17(3)15(19)16(11)2)8-7-12-5-4-6-14(18)10-12;1-5(2,3)4/h4-10H,1-3H3;(H2,1,2,3,4)/b8-7+;. The van der Waals surface area contributed by atoms with Crippen molar-refractivity contribution >= 4 is 22.6 Å². The fraction of sp³-hybridized carbons (Fsp3) is 0.200. The third kappa shape index (κ3) is 6.32. The van der Waals surface area contributed by atoms with Crippen LogP contribution in [0.15, 0.2) is 35.1 Å². The minimum absolute atomic E-state index is 0. The van der Waals surface area contributed by atoms with Crippen LogP contribution in [0, 0.1) is 6.92 Å². The molecule has 0 spiro atoms. The molecule has 0 aliphatic rings. The molecule has 2 aromatic rings. The fourth-order valence-electron chi connectivity index (χ4n) is 1.86. The molecule has 2 rings (SSSR count). The molecule has 8 nitrogen and oxygen atoms in total. The number of phenolic OH excluding ortho intramolecular Hbond substituents is 1. The van der Waals surface area contributed by atoms with Crippen molar-refractivity contribution in [2.75, 3.05) is 0 Å². The third-order valence-electron chi connectivity index (χ3n) is 3.16. The molecule has 0 aliphatic heterocycles. The number of phenols is 1. The van der Waals surface area contributed by atoms with Gasteiger partial charge in [-0.05, 0) is 30.7 Å². The summed E-state index contributed by atoms with van der Waals surface area (Å²) in [5, 5.41) is 9.40. The van der Waals surface area contributed by atoms with Gasteiger partial charge in [-0.1, -0.05) is 18.2 Å². The quantitative estimate of drug-likeness (QED) is 0.465. The maximum Gasteiger partial charge on any atom is 1.00 e. The molecule has 1 N–H and O–H groups in total. The van der Waals surface area contributed by atoms with Crippen molar-refractivity contribution in [3.05, 3.63) is 57.8 Å². The second-order valence-electron chi connectivity index (χ2n) is 4.95. The second-order valence-corrected chi connectivity index (χ2v) is 5.76. The fourth-order valence-corrected chi connectivity index (χ4v) is 1.86. The van der Waals surface area contributed by atoms with Gasteiger partial charge in [0.2, 0.25) is 0 Å². The average Bonchev–Trinajstić information content (AvgIpc) is 2.46. The lowest BCUT2D eigenvalue weighted by atomic mass is 10.2. The van der Waals surface area contributed by atoms with Crippen molar-refractivity contribution in [2.24, 2.45) is 14.1 Å². The van der Waals surface area contributed by atoms with E-state index in [-0.39, 0.29) is 12.9 Å². The zero-order valence-electron chi connectivity index (χ0n) is 14.3. The molecule has 9 heteroatoms. The molecule has 0 bridgehead atoms. The number of benzene rings is 1. The lowest BCUT2D eigenvalue weighted by Gasteiger charge is -2.06. The van der Waals surface area contributed by atoms with Gasteiger partial charge in [0.1, 0.15) is 17.1 Å². The van der Waals surface area contributed by atoms with Crippen molar-refractivity contribution in [3.8, 4) is 5.75 Å². The maximum absolute atomic E-state index is 11.9. The maximum atomic E-state index is 11.9. The van der Waals surface area contributed by atoms with Crippen LogP contribution >= 0.6 is 0 Å². The normalized spacial score (nSPS) is 11.2. The molecule has 0 saturated heterocycles. The van der Waals surface area contributed by atoms with E-state index in [2.05, 4.69) is 0 Å². The minimum atomic E-state index is -5.17. The Labute approximate surface area is 141 Å². The van der Waals surface area contributed by atoms with Gasteiger partial charge in [-0.3, -0.25) is 8.42 Å². The van der Waals surface area contributed by atoms with Crippen molar-refractivity contribution in [1.82, 2.24) is 4.57 Å². The second kappa shape index (κ2) is 7.86. The molecule has 0 atom stereocenters. The van der Waals surface area contributed by atoms with E-state index in [4.69, 9.17) is 17.5 Å². The van der Waals surface area contributed by atoms with Gasteiger partial charge in [-0.15, -0.1) is 0 Å². The van der Waals surface area contributed by atoms with E-state index in [0.29, 0.717) is 0 Å². The van der Waals surface area contributed by atoms with E-state index in [1.54, 1.807) is 41.4 Å². The van der Waals surface area contributed by atoms with Gasteiger partial charge in [0, 0.05) is 16.5 Å². The first-order valence-corrected chi connectivity index (χ1v) is 8.03. The van der Waals surface area contributed by atoms with E-state index in [1.807, 2.05) is 31.2 Å². The highest BCUT2D eigenvalue weighted by Crippen LogP contribution is 2.13. The van der Waals surface area contributed by atoms with E-state index < -0.39 is 10.4 Å². The van der Waals surface area contributed by atoms with Gasteiger partial charge in [0.15, 0.2) is 0 Å². The first-order valence-electron chi connectivity index (χ1n) is 6.69. The van der Waals surface area contributed by atoms with Crippen LogP contribution in [0.2, 0.25) is 0 Å². The summed E-state index contributed by atoms with van der Waals surface area (Å²) >= 11 is 0. The number of aromatic hydroxyl groups is 1. The predicted octanol–water partition coefficient (Wildman–Crippen LogP) is 0.169. The number of nitrogens with zero attached hydrogens (tertiary/aromatic N) is 2. The van der Waals surface area contributed by atoms with Gasteiger partial charge in [0.25, 0.3) is 0 Å². The largest absolute Gasteiger partial charge is 1.00 e. The molecule has 130 valence electrons. The van der Waals surface area contributed by atoms with Crippen LogP contribution in [-0.4, -0.2) is 27.2 Å². The van der Waals surface area contributed by atoms with E-state index in [0.717, 1.165) is 17.0 Å². The van der Waals surface area contributed by atoms with Crippen molar-refractivity contribution < 1.29 is 28.6 Å². The summed E-state index contributed by atoms with van der Waals surface area (Å²) in [6.45, 7) is 1.90. The van der Waals surface area contributed by atoms with Crippen molar-refractivity contribution in [3.63, 3.8) is 0 Å². The Kier molecular flexibility index (Phi) is 6.41. The Morgan fingerprint density at radius 2 is 1.83 bits per heavy atom. The smallest absolute Gasteiger partial charge is 0.759 e. The van der Waals surface area contributed by atoms with Crippen LogP contribution in [0.25, 0.3) is 12.2 Å². The third-order valence-corrected chi connectivity index (χ3v) is 3.16. The van der Waals surface area contributed by atoms with Crippen LogP contribution < -0.4 is 10.3 Å². The average molecular weight is 354 g/mol. The molecule has 24 heavy (non-hydrogen) atoms. The lowest BCUT2D eigenvalue weighted by Crippen LogP contribution is -2.53. The summed E-state index contributed by atoms with van der Waals surface area (Å²) in [5.74, 6) is 0.228. The molecule has 1 heterocycles. The van der Waals surface area contributed by atoms with Gasteiger partial charge in [-0.2, -0.15) is 13.9 Å². The summed E-state index contributed by atoms with van der Waals surface area (Å²) in [7, 11) is -1.68. The Morgan fingerprint density at radius 3 is 2.38 bits per heavy atom. The Morgan fingerprint density at radius 1 is 1.25 bits per heavy atom. The Hall–Kier alpha value is -2.49. The van der Waals surface area contributed by atoms with E-state index >= 15 is 0 Å². The summed E-state index contributed by atoms with van der Waals surface area (Å²) < 4.78 is 37.3. The molecule has 1 aromatic carbocycles. The van der Waals surface area contributed by atoms with Crippen LogP contribution in [0.4, 0.5) is 0 Å². The number of hydrogen-bond donors (Lipinski definition) is 1. The first-order chi connectivity index (χ1) is 11.0. The van der Waals surface area contributed by atoms with Gasteiger partial charge in [-0.25, -0.2) is 0 Å². The first kappa shape index (κ1) is 19.6. The zero-order valence-corrected chi connectivity index (χ0v) is 14.1. The Bertz CT molecular complexity index is 914. The molecule has 0 saturated carbocycles. The van der Waals surface area contributed by atoms with Crippen LogP contribution in [0.5, 0.6) is 5.75 Å². The SMILES string of the molecule is Cc1cc(/C=C/c2cccc(O)c2)[n+](C)c(=O)n1C.O=S(=O)([O-])[O-].[H+]. The number of rotatable bonds is 2. The number of aryl methyl sites for hydroxylation is 1. The number of aromatic nitrogens is 2. The van der Waals surface area contributed by atoms with Crippen molar-refractivity contribution in [1.29, 1.82) is 0 Å². The summed E-state index contributed by atoms with van der Waals surface area (Å²) in [6, 6.07) is 8.92. The lowest BCUT2D eigenvalue weighted by molar-refractivity contribution is -0.692. The molecule has 0 aliphatic carbocycles. The van der Waals surface area contributed by atoms with Gasteiger partial charge >= 0.3 is 7.12 Å². The molecule has 0 radical (unpaired) electrons. The van der Waals surface area contributed by atoms with Crippen LogP contribution in [0.3, 0.4) is 0 Å². The van der Waals surface area contributed by atoms with E-state index in [1.165, 1.54) is 0 Å². The predicted molar refractivity (Wildman–Crippen MR) is 86.2 cm³/mol. The number of hydrogen-bond acceptors (Lipinski definition) is 6. The topological polar surface area (TPSA) is 126 Å². The summed E-state index contributed by atoms with van der Waals surface area (Å²) in [4.78, 5) is 11.9. The zero-order chi connectivity index (χ0) is 18.5. The van der Waals surface area contributed by atoms with E-state index in [9.17, 15) is 9.90 Å². The molecule has 0 unspecified atom stereocenters. The van der Waals surface area contributed by atoms with Gasteiger partial charge in [0.05, 0.1) is 14.1 Å². The summed E-state index contributed by atoms with van der Waals surface area (Å²) in [5.41, 5.74) is 2.55. The summed E-state index contributed by atoms with van der Waals surface area (Å²) in [6.07, 6.45) is 3.73. The Balaban J connectivity index is 0.000000848. The molecular weight excluding hydrogens is 336 g/mol. The molecule has 0 amide bonds. The molecule has 1 aromatic heterocycles. The molecule has 0 fully saturated rings. The van der Waals surface area contributed by atoms with Crippen LogP contribution in [0.1, 0.15) is 18.4 Å². The molecular formula is C15H18N2O6S. The monoisotopic (exact) mass is 354 g/mol.